The van der Waals surface area contributed by atoms with Crippen LogP contribution in [0.5, 0.6) is 0 Å². The van der Waals surface area contributed by atoms with Crippen LogP contribution in [0.15, 0.2) is 0 Å². The maximum absolute atomic E-state index is 12.2. The Morgan fingerprint density at radius 2 is 1.55 bits per heavy atom. The molecular formula is C36H62O11. The van der Waals surface area contributed by atoms with Crippen LogP contribution in [-0.4, -0.2) is 120 Å². The fraction of sp³-hybridized carbons (Fsp3) is 1.00. The van der Waals surface area contributed by atoms with E-state index in [2.05, 4.69) is 34.6 Å². The number of aliphatic hydroxyl groups is 9. The van der Waals surface area contributed by atoms with Crippen molar-refractivity contribution in [3.63, 3.8) is 0 Å². The van der Waals surface area contributed by atoms with Gasteiger partial charge in [-0.25, -0.2) is 0 Å². The van der Waals surface area contributed by atoms with Crippen molar-refractivity contribution in [3.05, 3.63) is 0 Å². The number of ether oxygens (including phenoxy) is 2. The Kier molecular flexibility index (Phi) is 9.13. The van der Waals surface area contributed by atoms with Crippen LogP contribution >= 0.6 is 0 Å². The lowest BCUT2D eigenvalue weighted by molar-refractivity contribution is -0.327. The van der Waals surface area contributed by atoms with E-state index in [1.54, 1.807) is 0 Å². The van der Waals surface area contributed by atoms with Gasteiger partial charge in [-0.3, -0.25) is 0 Å². The average molecular weight is 671 g/mol. The zero-order valence-corrected chi connectivity index (χ0v) is 29.1. The zero-order valence-electron chi connectivity index (χ0n) is 29.1. The summed E-state index contributed by atoms with van der Waals surface area (Å²) in [5, 5.41) is 95.3. The minimum atomic E-state index is -1.57. The van der Waals surface area contributed by atoms with Crippen LogP contribution < -0.4 is 0 Å². The molecule has 0 bridgehead atoms. The lowest BCUT2D eigenvalue weighted by Crippen LogP contribution is -2.63. The third-order valence-corrected chi connectivity index (χ3v) is 15.8. The zero-order chi connectivity index (χ0) is 34.7. The van der Waals surface area contributed by atoms with Crippen molar-refractivity contribution in [2.75, 3.05) is 13.2 Å². The molecule has 0 aromatic rings. The Hall–Kier alpha value is -0.440. The van der Waals surface area contributed by atoms with Crippen LogP contribution in [0.2, 0.25) is 0 Å². The van der Waals surface area contributed by atoms with Crippen LogP contribution in [0.25, 0.3) is 0 Å². The fourth-order valence-electron chi connectivity index (χ4n) is 13.0. The van der Waals surface area contributed by atoms with Gasteiger partial charge >= 0.3 is 0 Å². The van der Waals surface area contributed by atoms with Crippen molar-refractivity contribution in [1.82, 2.24) is 0 Å². The van der Waals surface area contributed by atoms with E-state index >= 15 is 0 Å². The smallest absolute Gasteiger partial charge is 0.186 e. The van der Waals surface area contributed by atoms with Crippen LogP contribution in [0.1, 0.15) is 99.3 Å². The second kappa shape index (κ2) is 11.8. The number of rotatable bonds is 9. The molecule has 1 aliphatic heterocycles. The topological polar surface area (TPSA) is 201 Å². The summed E-state index contributed by atoms with van der Waals surface area (Å²) < 4.78 is 12.1. The highest BCUT2D eigenvalue weighted by atomic mass is 16.7. The van der Waals surface area contributed by atoms with Gasteiger partial charge in [0, 0.05) is 0 Å². The van der Waals surface area contributed by atoms with Crippen LogP contribution in [-0.2, 0) is 9.47 Å². The average Bonchev–Trinajstić information content (AvgIpc) is 3.60. The maximum atomic E-state index is 12.2. The monoisotopic (exact) mass is 670 g/mol. The van der Waals surface area contributed by atoms with Crippen molar-refractivity contribution in [1.29, 1.82) is 0 Å². The van der Waals surface area contributed by atoms with E-state index in [1.807, 2.05) is 0 Å². The Balaban J connectivity index is 1.21. The molecule has 6 fully saturated rings. The first-order chi connectivity index (χ1) is 21.8. The predicted octanol–water partition coefficient (Wildman–Crippen LogP) is 1.07. The third-order valence-electron chi connectivity index (χ3n) is 15.8. The molecule has 18 atom stereocenters. The molecule has 9 N–H and O–H groups in total. The number of hydrogen-bond donors (Lipinski definition) is 9. The predicted molar refractivity (Wildman–Crippen MR) is 170 cm³/mol. The molecule has 2 spiro atoms. The van der Waals surface area contributed by atoms with Gasteiger partial charge in [0.2, 0.25) is 0 Å². The first kappa shape index (κ1) is 36.4. The summed E-state index contributed by atoms with van der Waals surface area (Å²) in [5.41, 5.74) is -2.48. The van der Waals surface area contributed by atoms with Gasteiger partial charge in [0.15, 0.2) is 6.29 Å². The van der Waals surface area contributed by atoms with Crippen molar-refractivity contribution in [2.45, 2.75) is 160 Å². The Morgan fingerprint density at radius 3 is 2.19 bits per heavy atom. The van der Waals surface area contributed by atoms with Gasteiger partial charge in [0.05, 0.1) is 37.6 Å². The molecule has 1 heterocycles. The van der Waals surface area contributed by atoms with Gasteiger partial charge < -0.3 is 55.4 Å². The molecule has 11 heteroatoms. The van der Waals surface area contributed by atoms with Gasteiger partial charge in [-0.15, -0.1) is 0 Å². The van der Waals surface area contributed by atoms with Gasteiger partial charge in [0.25, 0.3) is 0 Å². The van der Waals surface area contributed by atoms with Crippen LogP contribution in [0.4, 0.5) is 0 Å². The lowest BCUT2D eigenvalue weighted by Gasteiger charge is -2.64. The summed E-state index contributed by atoms with van der Waals surface area (Å²) in [7, 11) is 0. The molecule has 1 saturated heterocycles. The SMILES string of the molecule is C[C@H](CC[C@@H](O)C(C)(O)CO)[C@H]1[C@@H](O)C[C@@]2(C)[C@@H]3[C@@H](O)C[C@H]4C(C)(C)[C@@H](O[C@@H]5O[C@H](CO)[C@@H](O)[C@H](O)[C@H]5O)CC[C@@]45C[C@@]35CC[C@]12C. The quantitative estimate of drug-likeness (QED) is 0.159. The summed E-state index contributed by atoms with van der Waals surface area (Å²) in [6.45, 7) is 11.5. The van der Waals surface area contributed by atoms with Crippen molar-refractivity contribution < 1.29 is 55.4 Å². The fourth-order valence-corrected chi connectivity index (χ4v) is 13.0. The second-order valence-electron chi connectivity index (χ2n) is 18.2. The highest BCUT2D eigenvalue weighted by molar-refractivity contribution is 5.32. The van der Waals surface area contributed by atoms with Gasteiger partial charge in [0.1, 0.15) is 30.0 Å². The molecule has 6 rings (SSSR count). The molecule has 0 aromatic heterocycles. The van der Waals surface area contributed by atoms with Gasteiger partial charge in [-0.05, 0) is 115 Å². The molecule has 1 unspecified atom stereocenters. The molecule has 0 radical (unpaired) electrons. The molecular weight excluding hydrogens is 608 g/mol. The van der Waals surface area contributed by atoms with Crippen LogP contribution in [0.3, 0.4) is 0 Å². The van der Waals surface area contributed by atoms with Crippen molar-refractivity contribution >= 4 is 0 Å². The first-order valence-corrected chi connectivity index (χ1v) is 18.1. The van der Waals surface area contributed by atoms with E-state index in [1.165, 1.54) is 6.92 Å². The minimum Gasteiger partial charge on any atom is -0.394 e. The lowest BCUT2D eigenvalue weighted by atomic mass is 9.41. The minimum absolute atomic E-state index is 0.0186. The summed E-state index contributed by atoms with van der Waals surface area (Å²) in [5.74, 6) is 0.247. The molecule has 11 nitrogen and oxygen atoms in total. The van der Waals surface area contributed by atoms with E-state index in [-0.39, 0.29) is 51.4 Å². The molecule has 0 amide bonds. The summed E-state index contributed by atoms with van der Waals surface area (Å²) >= 11 is 0. The molecule has 272 valence electrons. The Labute approximate surface area is 279 Å². The number of fused-ring (bicyclic) bond motifs is 2. The summed E-state index contributed by atoms with van der Waals surface area (Å²) in [4.78, 5) is 0. The van der Waals surface area contributed by atoms with Gasteiger partial charge in [-0.2, -0.15) is 0 Å². The van der Waals surface area contributed by atoms with E-state index in [9.17, 15) is 46.0 Å². The van der Waals surface area contributed by atoms with Crippen molar-refractivity contribution in [2.24, 2.45) is 50.7 Å². The largest absolute Gasteiger partial charge is 0.394 e. The standard InChI is InChI=1S/C36H62O11/c1-18(7-8-23(41)34(6,45)17-38)25-20(40)14-33(5)29-19(39)13-22-31(2,3)24(47-30-28(44)27(43)26(42)21(15-37)46-30)9-10-35(22)16-36(29,35)12-11-32(25,33)4/h18-30,37-45H,7-17H2,1-6H3/t18-,19+,20+,21-,22+,23-,24+,25+,26-,27+,28-,29+,30+,32-,33+,34?,35-,36+/m1/s1. The molecule has 6 aliphatic rings. The van der Waals surface area contributed by atoms with E-state index in [4.69, 9.17) is 9.47 Å². The normalized spacial score (nSPS) is 54.3. The summed E-state index contributed by atoms with van der Waals surface area (Å²) in [6.07, 6.45) is -2.38. The molecule has 5 aliphatic carbocycles. The van der Waals surface area contributed by atoms with E-state index < -0.39 is 73.2 Å². The molecule has 47 heavy (non-hydrogen) atoms. The Morgan fingerprint density at radius 1 is 0.872 bits per heavy atom. The van der Waals surface area contributed by atoms with Crippen molar-refractivity contribution in [3.8, 4) is 0 Å². The maximum Gasteiger partial charge on any atom is 0.186 e. The van der Waals surface area contributed by atoms with E-state index in [0.29, 0.717) is 25.7 Å². The number of hydrogen-bond acceptors (Lipinski definition) is 11. The van der Waals surface area contributed by atoms with E-state index in [0.717, 1.165) is 32.1 Å². The third kappa shape index (κ3) is 4.99. The highest BCUT2D eigenvalue weighted by Gasteiger charge is 2.84. The van der Waals surface area contributed by atoms with Gasteiger partial charge in [-0.1, -0.05) is 34.6 Å². The Bertz CT molecular complexity index is 1160. The second-order valence-corrected chi connectivity index (χ2v) is 18.2. The highest BCUT2D eigenvalue weighted by Crippen LogP contribution is 2.89. The molecule has 0 aromatic carbocycles. The summed E-state index contributed by atoms with van der Waals surface area (Å²) in [6, 6.07) is 0. The van der Waals surface area contributed by atoms with Crippen LogP contribution in [0, 0.1) is 50.7 Å². The molecule has 5 saturated carbocycles. The first-order valence-electron chi connectivity index (χ1n) is 18.1. The number of aliphatic hydroxyl groups excluding tert-OH is 8.